The lowest BCUT2D eigenvalue weighted by molar-refractivity contribution is -0.303. The van der Waals surface area contributed by atoms with Crippen LogP contribution >= 0.6 is 0 Å². The van der Waals surface area contributed by atoms with Crippen molar-refractivity contribution in [3.8, 4) is 0 Å². The van der Waals surface area contributed by atoms with E-state index in [1.54, 1.807) is 0 Å². The first-order valence-corrected chi connectivity index (χ1v) is 23.5. The Hall–Kier alpha value is -1.93. The average Bonchev–Trinajstić information content (AvgIpc) is 3.23. The molecular formula is C48H87NO10. The summed E-state index contributed by atoms with van der Waals surface area (Å²) < 4.78 is 11.0. The molecule has 0 aliphatic carbocycles. The first-order valence-electron chi connectivity index (χ1n) is 23.5. The van der Waals surface area contributed by atoms with Crippen LogP contribution in [-0.2, 0) is 14.3 Å². The zero-order valence-corrected chi connectivity index (χ0v) is 37.0. The van der Waals surface area contributed by atoms with Gasteiger partial charge >= 0.3 is 0 Å². The number of unbranched alkanes of at least 4 members (excludes halogenated alkanes) is 18. The van der Waals surface area contributed by atoms with Crippen LogP contribution in [-0.4, -0.2) is 110 Å². The molecule has 1 heterocycles. The fraction of sp³-hybridized carbons (Fsp3) is 0.812. The van der Waals surface area contributed by atoms with Gasteiger partial charge in [0.1, 0.15) is 36.6 Å². The number of amides is 1. The maximum Gasteiger partial charge on any atom is 0.249 e. The molecule has 0 radical (unpaired) electrons. The van der Waals surface area contributed by atoms with E-state index in [0.717, 1.165) is 57.8 Å². The molecule has 0 saturated carbocycles. The predicted molar refractivity (Wildman–Crippen MR) is 238 cm³/mol. The molecule has 11 nitrogen and oxygen atoms in total. The highest BCUT2D eigenvalue weighted by atomic mass is 16.7. The molecule has 8 N–H and O–H groups in total. The summed E-state index contributed by atoms with van der Waals surface area (Å²) in [5, 5.41) is 75.5. The Morgan fingerprint density at radius 1 is 0.576 bits per heavy atom. The fourth-order valence-corrected chi connectivity index (χ4v) is 7.10. The Labute approximate surface area is 358 Å². The number of aliphatic hydroxyl groups excluding tert-OH is 7. The van der Waals surface area contributed by atoms with Crippen LogP contribution in [0.1, 0.15) is 181 Å². The summed E-state index contributed by atoms with van der Waals surface area (Å²) in [6.45, 7) is 3.34. The van der Waals surface area contributed by atoms with E-state index in [0.29, 0.717) is 19.3 Å². The van der Waals surface area contributed by atoms with Crippen LogP contribution in [0, 0.1) is 0 Å². The molecule has 11 heteroatoms. The van der Waals surface area contributed by atoms with Gasteiger partial charge in [0.2, 0.25) is 5.91 Å². The maximum absolute atomic E-state index is 13.0. The molecular weight excluding hydrogens is 751 g/mol. The second-order valence-electron chi connectivity index (χ2n) is 16.4. The molecule has 0 aromatic heterocycles. The van der Waals surface area contributed by atoms with Gasteiger partial charge in [-0.2, -0.15) is 0 Å². The van der Waals surface area contributed by atoms with Gasteiger partial charge in [0, 0.05) is 0 Å². The summed E-state index contributed by atoms with van der Waals surface area (Å²) in [7, 11) is 0. The molecule has 1 aliphatic rings. The van der Waals surface area contributed by atoms with Crippen molar-refractivity contribution in [1.82, 2.24) is 5.32 Å². The van der Waals surface area contributed by atoms with Gasteiger partial charge in [-0.15, -0.1) is 0 Å². The van der Waals surface area contributed by atoms with E-state index in [9.17, 15) is 40.5 Å². The van der Waals surface area contributed by atoms with Crippen molar-refractivity contribution in [2.24, 2.45) is 0 Å². The standard InChI is InChI=1S/C48H87NO10/c1-3-5-7-9-11-13-15-16-17-18-19-20-21-22-23-24-25-26-28-29-31-33-35-40(51)43(53)39(38-58-48-46(56)45(55)44(54)42(37-50)59-48)49-47(57)41(52)36-34-32-30-27-14-12-10-8-6-4-2/h10,12,19-20,23-24,28-29,39-46,48,50-56H,3-9,11,13-18,21-22,25-27,30-38H2,1-2H3,(H,49,57)/b12-10-,20-19+,24-23+,29-28+. The number of rotatable bonds is 38. The van der Waals surface area contributed by atoms with Crippen LogP contribution in [0.2, 0.25) is 0 Å². The van der Waals surface area contributed by atoms with Crippen molar-refractivity contribution in [2.45, 2.75) is 236 Å². The normalized spacial score (nSPS) is 22.2. The van der Waals surface area contributed by atoms with E-state index >= 15 is 0 Å². The Kier molecular flexibility index (Phi) is 35.3. The lowest BCUT2D eigenvalue weighted by Crippen LogP contribution is -2.60. The molecule has 0 aromatic carbocycles. The minimum absolute atomic E-state index is 0.232. The highest BCUT2D eigenvalue weighted by Gasteiger charge is 2.44. The Morgan fingerprint density at radius 3 is 1.56 bits per heavy atom. The summed E-state index contributed by atoms with van der Waals surface area (Å²) in [5.41, 5.74) is 0. The van der Waals surface area contributed by atoms with Crippen molar-refractivity contribution in [1.29, 1.82) is 0 Å². The minimum Gasteiger partial charge on any atom is -0.394 e. The van der Waals surface area contributed by atoms with Gasteiger partial charge in [0.25, 0.3) is 0 Å². The SMILES string of the molecule is CCCC/C=C\CCCCCCC(O)C(=O)NC(COC1OC(CO)C(O)C(O)C1O)C(O)C(O)CCC/C=C/CC/C=C/CC/C=C/CCCCCCCCCCC. The molecule has 0 spiro atoms. The summed E-state index contributed by atoms with van der Waals surface area (Å²) in [6, 6.07) is -1.20. The number of carbonyl (C=O) groups excluding carboxylic acids is 1. The quantitative estimate of drug-likeness (QED) is 0.0225. The van der Waals surface area contributed by atoms with Gasteiger partial charge in [-0.3, -0.25) is 4.79 Å². The van der Waals surface area contributed by atoms with Crippen LogP contribution in [0.3, 0.4) is 0 Å². The third kappa shape index (κ3) is 27.6. The van der Waals surface area contributed by atoms with Crippen LogP contribution in [0.4, 0.5) is 0 Å². The second-order valence-corrected chi connectivity index (χ2v) is 16.4. The van der Waals surface area contributed by atoms with Crippen LogP contribution in [0.25, 0.3) is 0 Å². The van der Waals surface area contributed by atoms with Crippen molar-refractivity contribution in [3.63, 3.8) is 0 Å². The van der Waals surface area contributed by atoms with E-state index in [4.69, 9.17) is 9.47 Å². The number of ether oxygens (including phenoxy) is 2. The molecule has 1 aliphatic heterocycles. The van der Waals surface area contributed by atoms with Crippen molar-refractivity contribution >= 4 is 5.91 Å². The lowest BCUT2D eigenvalue weighted by Gasteiger charge is -2.40. The molecule has 9 unspecified atom stereocenters. The lowest BCUT2D eigenvalue weighted by atomic mass is 9.98. The average molecular weight is 838 g/mol. The number of hydrogen-bond acceptors (Lipinski definition) is 10. The zero-order valence-electron chi connectivity index (χ0n) is 37.0. The van der Waals surface area contributed by atoms with Crippen LogP contribution in [0.15, 0.2) is 48.6 Å². The third-order valence-electron chi connectivity index (χ3n) is 11.1. The van der Waals surface area contributed by atoms with Gasteiger partial charge in [-0.05, 0) is 83.5 Å². The Morgan fingerprint density at radius 2 is 1.03 bits per heavy atom. The summed E-state index contributed by atoms with van der Waals surface area (Å²) in [5.74, 6) is -0.727. The second kappa shape index (κ2) is 37.8. The molecule has 344 valence electrons. The molecule has 1 rings (SSSR count). The highest BCUT2D eigenvalue weighted by molar-refractivity contribution is 5.80. The van der Waals surface area contributed by atoms with Crippen molar-refractivity contribution in [3.05, 3.63) is 48.6 Å². The third-order valence-corrected chi connectivity index (χ3v) is 11.1. The van der Waals surface area contributed by atoms with E-state index in [2.05, 4.69) is 67.8 Å². The number of aliphatic hydroxyl groups is 7. The topological polar surface area (TPSA) is 189 Å². The Balaban J connectivity index is 2.45. The first kappa shape index (κ1) is 55.1. The molecule has 59 heavy (non-hydrogen) atoms. The Bertz CT molecular complexity index is 1100. The number of allylic oxidation sites excluding steroid dienone is 8. The predicted octanol–water partition coefficient (Wildman–Crippen LogP) is 7.78. The number of hydrogen-bond donors (Lipinski definition) is 8. The summed E-state index contributed by atoms with van der Waals surface area (Å²) in [4.78, 5) is 13.0. The summed E-state index contributed by atoms with van der Waals surface area (Å²) >= 11 is 0. The first-order chi connectivity index (χ1) is 28.7. The van der Waals surface area contributed by atoms with Gasteiger partial charge in [0.15, 0.2) is 6.29 Å². The minimum atomic E-state index is -1.67. The summed E-state index contributed by atoms with van der Waals surface area (Å²) in [6.07, 6.45) is 33.2. The van der Waals surface area contributed by atoms with Crippen LogP contribution in [0.5, 0.6) is 0 Å². The smallest absolute Gasteiger partial charge is 0.249 e. The van der Waals surface area contributed by atoms with E-state index in [1.807, 2.05) is 0 Å². The highest BCUT2D eigenvalue weighted by Crippen LogP contribution is 2.23. The van der Waals surface area contributed by atoms with Crippen molar-refractivity contribution in [2.75, 3.05) is 13.2 Å². The van der Waals surface area contributed by atoms with E-state index in [-0.39, 0.29) is 12.8 Å². The fourth-order valence-electron chi connectivity index (χ4n) is 7.10. The van der Waals surface area contributed by atoms with Gasteiger partial charge in [0.05, 0.1) is 25.4 Å². The van der Waals surface area contributed by atoms with E-state index in [1.165, 1.54) is 77.0 Å². The van der Waals surface area contributed by atoms with Gasteiger partial charge in [-0.1, -0.05) is 146 Å². The number of nitrogens with one attached hydrogen (secondary N) is 1. The largest absolute Gasteiger partial charge is 0.394 e. The zero-order chi connectivity index (χ0) is 43.4. The molecule has 1 saturated heterocycles. The monoisotopic (exact) mass is 838 g/mol. The maximum atomic E-state index is 13.0. The molecule has 9 atom stereocenters. The molecule has 0 bridgehead atoms. The van der Waals surface area contributed by atoms with Crippen molar-refractivity contribution < 1.29 is 50.0 Å². The van der Waals surface area contributed by atoms with Gasteiger partial charge < -0.3 is 50.5 Å². The van der Waals surface area contributed by atoms with E-state index < -0.39 is 74.2 Å². The molecule has 0 aromatic rings. The molecule has 1 amide bonds. The van der Waals surface area contributed by atoms with Gasteiger partial charge in [-0.25, -0.2) is 0 Å². The van der Waals surface area contributed by atoms with Crippen LogP contribution < -0.4 is 5.32 Å². The molecule has 1 fully saturated rings. The number of carbonyl (C=O) groups is 1.